The Morgan fingerprint density at radius 3 is 2.63 bits per heavy atom. The second-order valence-corrected chi connectivity index (χ2v) is 8.64. The van der Waals surface area contributed by atoms with Gasteiger partial charge in [-0.25, -0.2) is 5.43 Å². The monoisotopic (exact) mass is 409 g/mol. The van der Waals surface area contributed by atoms with Gasteiger partial charge in [0, 0.05) is 50.5 Å². The fourth-order valence-electron chi connectivity index (χ4n) is 5.36. The highest BCUT2D eigenvalue weighted by atomic mass is 35.5. The van der Waals surface area contributed by atoms with Crippen molar-refractivity contribution in [2.75, 3.05) is 26.3 Å². The Balaban J connectivity index is 1.43. The molecule has 4 rings (SSSR count). The average molecular weight is 410 g/mol. The van der Waals surface area contributed by atoms with Crippen molar-refractivity contribution in [2.45, 2.75) is 67.8 Å². The molecular weight excluding hydrogens is 383 g/mol. The molecule has 154 valence electrons. The van der Waals surface area contributed by atoms with Crippen LogP contribution < -0.4 is 16.2 Å². The summed E-state index contributed by atoms with van der Waals surface area (Å²) in [5.74, 6) is -1.45. The molecule has 0 bridgehead atoms. The van der Waals surface area contributed by atoms with Crippen LogP contribution in [0.2, 0.25) is 0 Å². The molecular formula is C17H27ClF3N5O. The summed E-state index contributed by atoms with van der Waals surface area (Å²) in [7, 11) is 0. The lowest BCUT2D eigenvalue weighted by Crippen LogP contribution is -2.65. The lowest BCUT2D eigenvalue weighted by Gasteiger charge is -2.46. The molecule has 27 heavy (non-hydrogen) atoms. The van der Waals surface area contributed by atoms with Gasteiger partial charge >= 0.3 is 6.18 Å². The van der Waals surface area contributed by atoms with E-state index in [-0.39, 0.29) is 30.5 Å². The number of carbonyl (C=O) groups is 1. The number of piperidine rings is 1. The molecule has 4 fully saturated rings. The molecule has 3 N–H and O–H groups in total. The van der Waals surface area contributed by atoms with Crippen LogP contribution in [0.5, 0.6) is 0 Å². The summed E-state index contributed by atoms with van der Waals surface area (Å²) in [6, 6.07) is -0.290. The molecule has 1 aliphatic carbocycles. The van der Waals surface area contributed by atoms with Gasteiger partial charge in [0.25, 0.3) is 5.91 Å². The Labute approximate surface area is 162 Å². The molecule has 0 aromatic rings. The summed E-state index contributed by atoms with van der Waals surface area (Å²) in [6.07, 6.45) is -0.941. The van der Waals surface area contributed by atoms with Crippen LogP contribution in [-0.2, 0) is 4.79 Å². The van der Waals surface area contributed by atoms with E-state index in [0.717, 1.165) is 19.4 Å². The Hall–Kier alpha value is -0.610. The van der Waals surface area contributed by atoms with Crippen molar-refractivity contribution >= 4 is 17.5 Å². The number of nitrogens with one attached hydrogen (secondary N) is 3. The molecule has 0 radical (unpaired) electrons. The fourth-order valence-corrected chi connectivity index (χ4v) is 5.66. The van der Waals surface area contributed by atoms with Crippen LogP contribution in [0.25, 0.3) is 0 Å². The van der Waals surface area contributed by atoms with E-state index in [0.29, 0.717) is 32.6 Å². The fraction of sp³-hybridized carbons (Fsp3) is 0.941. The van der Waals surface area contributed by atoms with Crippen LogP contribution in [0.4, 0.5) is 13.2 Å². The van der Waals surface area contributed by atoms with Gasteiger partial charge in [-0.1, -0.05) is 12.8 Å². The molecule has 6 unspecified atom stereocenters. The largest absolute Gasteiger partial charge is 0.393 e. The van der Waals surface area contributed by atoms with Gasteiger partial charge in [-0.15, -0.1) is 11.6 Å². The van der Waals surface area contributed by atoms with Crippen LogP contribution in [0, 0.1) is 5.92 Å². The first-order chi connectivity index (χ1) is 12.9. The summed E-state index contributed by atoms with van der Waals surface area (Å²) < 4.78 is 40.6. The van der Waals surface area contributed by atoms with Crippen molar-refractivity contribution in [3.05, 3.63) is 0 Å². The lowest BCUT2D eigenvalue weighted by molar-refractivity contribution is -0.200. The molecule has 0 aromatic heterocycles. The number of hydrogen-bond acceptors (Lipinski definition) is 5. The number of nitrogens with zero attached hydrogens (tertiary/aromatic N) is 2. The minimum Gasteiger partial charge on any atom is -0.299 e. The van der Waals surface area contributed by atoms with E-state index in [4.69, 9.17) is 11.6 Å². The third-order valence-electron chi connectivity index (χ3n) is 6.73. The average Bonchev–Trinajstić information content (AvgIpc) is 3.06. The first-order valence-corrected chi connectivity index (χ1v) is 10.3. The zero-order chi connectivity index (χ0) is 19.2. The van der Waals surface area contributed by atoms with Crippen molar-refractivity contribution in [2.24, 2.45) is 5.92 Å². The molecule has 6 nitrogen and oxygen atoms in total. The quantitative estimate of drug-likeness (QED) is 0.595. The van der Waals surface area contributed by atoms with Crippen molar-refractivity contribution in [1.82, 2.24) is 26.0 Å². The van der Waals surface area contributed by atoms with E-state index >= 15 is 0 Å². The van der Waals surface area contributed by atoms with Gasteiger partial charge < -0.3 is 0 Å². The van der Waals surface area contributed by atoms with E-state index in [1.807, 2.05) is 0 Å². The highest BCUT2D eigenvalue weighted by Crippen LogP contribution is 2.42. The van der Waals surface area contributed by atoms with Gasteiger partial charge in [-0.3, -0.25) is 25.3 Å². The number of hydrogen-bond donors (Lipinski definition) is 3. The summed E-state index contributed by atoms with van der Waals surface area (Å²) >= 11 is 6.28. The number of hydrazine groups is 1. The van der Waals surface area contributed by atoms with E-state index in [2.05, 4.69) is 26.0 Å². The molecule has 4 aliphatic rings. The Bertz CT molecular complexity index is 565. The number of halogens is 4. The third kappa shape index (κ3) is 3.81. The minimum atomic E-state index is -4.13. The van der Waals surface area contributed by atoms with Crippen molar-refractivity contribution < 1.29 is 18.0 Å². The molecule has 10 heteroatoms. The van der Waals surface area contributed by atoms with Gasteiger partial charge in [0.2, 0.25) is 0 Å². The number of fused-ring (bicyclic) bond motifs is 1. The van der Waals surface area contributed by atoms with Crippen molar-refractivity contribution in [1.29, 1.82) is 0 Å². The Morgan fingerprint density at radius 2 is 1.85 bits per heavy atom. The molecule has 6 atom stereocenters. The van der Waals surface area contributed by atoms with Gasteiger partial charge in [-0.2, -0.15) is 13.2 Å². The highest BCUT2D eigenvalue weighted by molar-refractivity contribution is 6.31. The zero-order valence-electron chi connectivity index (χ0n) is 15.1. The molecule has 0 spiro atoms. The number of amides is 1. The molecule has 3 aliphatic heterocycles. The van der Waals surface area contributed by atoms with Gasteiger partial charge in [0.1, 0.15) is 5.38 Å². The van der Waals surface area contributed by atoms with E-state index < -0.39 is 23.5 Å². The molecule has 1 amide bonds. The van der Waals surface area contributed by atoms with E-state index in [9.17, 15) is 18.0 Å². The smallest absolute Gasteiger partial charge is 0.299 e. The van der Waals surface area contributed by atoms with Crippen LogP contribution in [0.3, 0.4) is 0 Å². The number of alkyl halides is 4. The van der Waals surface area contributed by atoms with Crippen LogP contribution >= 0.6 is 11.6 Å². The van der Waals surface area contributed by atoms with Gasteiger partial charge in [0.05, 0.1) is 5.92 Å². The topological polar surface area (TPSA) is 59.6 Å². The predicted octanol–water partition coefficient (Wildman–Crippen LogP) is 1.02. The second kappa shape index (κ2) is 7.67. The van der Waals surface area contributed by atoms with Crippen molar-refractivity contribution in [3.63, 3.8) is 0 Å². The summed E-state index contributed by atoms with van der Waals surface area (Å²) in [5, 5.41) is 2.81. The normalized spacial score (nSPS) is 42.0. The second-order valence-electron chi connectivity index (χ2n) is 8.17. The maximum atomic E-state index is 13.5. The van der Waals surface area contributed by atoms with Gasteiger partial charge in [0.15, 0.2) is 0 Å². The Morgan fingerprint density at radius 1 is 1.07 bits per heavy atom. The van der Waals surface area contributed by atoms with Gasteiger partial charge in [-0.05, 0) is 19.3 Å². The molecule has 3 heterocycles. The van der Waals surface area contributed by atoms with Crippen LogP contribution in [0.15, 0.2) is 0 Å². The first kappa shape index (κ1) is 19.7. The summed E-state index contributed by atoms with van der Waals surface area (Å²) in [4.78, 5) is 16.1. The Kier molecular flexibility index (Phi) is 5.59. The molecule has 1 saturated carbocycles. The van der Waals surface area contributed by atoms with E-state index in [1.54, 1.807) is 0 Å². The minimum absolute atomic E-state index is 0.102. The van der Waals surface area contributed by atoms with Crippen LogP contribution in [0.1, 0.15) is 32.1 Å². The highest BCUT2D eigenvalue weighted by Gasteiger charge is 2.52. The maximum absolute atomic E-state index is 13.5. The number of likely N-dealkylation sites (tertiary alicyclic amines) is 1. The molecule has 3 saturated heterocycles. The number of rotatable bonds is 2. The van der Waals surface area contributed by atoms with Crippen LogP contribution in [-0.4, -0.2) is 77.7 Å². The summed E-state index contributed by atoms with van der Waals surface area (Å²) in [5.41, 5.74) is 5.41. The predicted molar refractivity (Wildman–Crippen MR) is 95.0 cm³/mol. The number of carbonyl (C=O) groups excluding carboxylic acids is 1. The van der Waals surface area contributed by atoms with Crippen molar-refractivity contribution in [3.8, 4) is 0 Å². The lowest BCUT2D eigenvalue weighted by atomic mass is 9.82. The third-order valence-corrected chi connectivity index (χ3v) is 7.21. The standard InChI is InChI=1S/C17H27ClF3N5O/c18-15-14(7-23-24-16(15)27)25-6-5-13-11(8-25)22-9-26(13)12-4-2-1-3-10(12)17(19,20)21/h10-15,22-23H,1-9H2,(H,24,27). The first-order valence-electron chi connectivity index (χ1n) is 9.83. The van der Waals surface area contributed by atoms with E-state index in [1.165, 1.54) is 0 Å². The maximum Gasteiger partial charge on any atom is 0.393 e. The SMILES string of the molecule is O=C1NNCC(N2CCC3C(C2)NCN3C2CCCCC2C(F)(F)F)C1Cl. The zero-order valence-corrected chi connectivity index (χ0v) is 15.9. The summed E-state index contributed by atoms with van der Waals surface area (Å²) in [6.45, 7) is 2.52. The molecule has 0 aromatic carbocycles.